The summed E-state index contributed by atoms with van der Waals surface area (Å²) in [4.78, 5) is 4.96. The molecule has 0 aliphatic rings. The minimum absolute atomic E-state index is 0.842. The van der Waals surface area contributed by atoms with Crippen molar-refractivity contribution in [3.8, 4) is 28.1 Å². The fourth-order valence-corrected chi connectivity index (χ4v) is 3.61. The van der Waals surface area contributed by atoms with Crippen LogP contribution in [-0.4, -0.2) is 16.5 Å². The van der Waals surface area contributed by atoms with Gasteiger partial charge in [-0.2, -0.15) is 0 Å². The molecule has 0 spiro atoms. The largest absolute Gasteiger partial charge is 0.497 e. The number of nitrogens with zero attached hydrogens (tertiary/aromatic N) is 2. The maximum Gasteiger partial charge on any atom is 0.146 e. The van der Waals surface area contributed by atoms with E-state index in [1.807, 2.05) is 24.3 Å². The molecule has 0 saturated carbocycles. The normalized spacial score (nSPS) is 11.1. The summed E-state index contributed by atoms with van der Waals surface area (Å²) in [5, 5.41) is 0. The van der Waals surface area contributed by atoms with E-state index < -0.39 is 0 Å². The maximum atomic E-state index is 5.41. The molecule has 0 radical (unpaired) electrons. The number of aromatic nitrogens is 2. The van der Waals surface area contributed by atoms with Crippen LogP contribution in [0.15, 0.2) is 91.0 Å². The Labute approximate surface area is 157 Å². The molecule has 130 valence electrons. The molecule has 2 heterocycles. The highest BCUT2D eigenvalue weighted by atomic mass is 16.5. The number of pyridine rings is 1. The number of imidazole rings is 1. The van der Waals surface area contributed by atoms with Crippen molar-refractivity contribution in [3.63, 3.8) is 0 Å². The molecule has 0 saturated heterocycles. The molecule has 0 amide bonds. The van der Waals surface area contributed by atoms with Gasteiger partial charge >= 0.3 is 0 Å². The summed E-state index contributed by atoms with van der Waals surface area (Å²) in [5.41, 5.74) is 7.53. The summed E-state index contributed by atoms with van der Waals surface area (Å²) in [7, 11) is 1.69. The van der Waals surface area contributed by atoms with Crippen LogP contribution >= 0.6 is 0 Å². The minimum atomic E-state index is 0.842. The Morgan fingerprint density at radius 2 is 1.52 bits per heavy atom. The van der Waals surface area contributed by atoms with E-state index >= 15 is 0 Å². The van der Waals surface area contributed by atoms with Crippen molar-refractivity contribution in [2.24, 2.45) is 0 Å². The third-order valence-corrected chi connectivity index (χ3v) is 4.90. The standard InChI is InChI=1S/C24H18N2O/c1-27-19-11-7-10-18(16-19)20-14-15-22(17-8-3-2-4-9-17)26-23-13-6-5-12-21(23)25-24(20)26/h2-16H,1H3. The van der Waals surface area contributed by atoms with Gasteiger partial charge in [-0.25, -0.2) is 4.98 Å². The van der Waals surface area contributed by atoms with Crippen LogP contribution in [0, 0.1) is 0 Å². The van der Waals surface area contributed by atoms with Crippen LogP contribution in [-0.2, 0) is 0 Å². The first-order valence-corrected chi connectivity index (χ1v) is 8.95. The topological polar surface area (TPSA) is 26.5 Å². The van der Waals surface area contributed by atoms with Crippen molar-refractivity contribution < 1.29 is 4.74 Å². The van der Waals surface area contributed by atoms with Gasteiger partial charge in [0.15, 0.2) is 0 Å². The van der Waals surface area contributed by atoms with E-state index in [-0.39, 0.29) is 0 Å². The predicted octanol–water partition coefficient (Wildman–Crippen LogP) is 5.83. The second-order valence-corrected chi connectivity index (χ2v) is 6.49. The zero-order valence-electron chi connectivity index (χ0n) is 15.0. The number of fused-ring (bicyclic) bond motifs is 3. The van der Waals surface area contributed by atoms with Crippen LogP contribution in [0.1, 0.15) is 0 Å². The number of hydrogen-bond donors (Lipinski definition) is 0. The summed E-state index contributed by atoms with van der Waals surface area (Å²) in [6.45, 7) is 0. The van der Waals surface area contributed by atoms with E-state index in [1.54, 1.807) is 7.11 Å². The summed E-state index contributed by atoms with van der Waals surface area (Å²) in [5.74, 6) is 0.842. The van der Waals surface area contributed by atoms with Gasteiger partial charge in [0.1, 0.15) is 11.4 Å². The maximum absolute atomic E-state index is 5.41. The zero-order valence-corrected chi connectivity index (χ0v) is 15.0. The molecule has 0 aliphatic carbocycles. The Balaban J connectivity index is 1.87. The van der Waals surface area contributed by atoms with Gasteiger partial charge in [-0.1, -0.05) is 54.6 Å². The van der Waals surface area contributed by atoms with Gasteiger partial charge in [-0.15, -0.1) is 0 Å². The Kier molecular flexibility index (Phi) is 3.65. The van der Waals surface area contributed by atoms with Crippen LogP contribution < -0.4 is 4.74 Å². The van der Waals surface area contributed by atoms with Crippen molar-refractivity contribution in [1.29, 1.82) is 0 Å². The van der Waals surface area contributed by atoms with E-state index in [0.717, 1.165) is 39.3 Å². The monoisotopic (exact) mass is 350 g/mol. The first-order chi connectivity index (χ1) is 13.3. The molecule has 2 aromatic heterocycles. The van der Waals surface area contributed by atoms with Crippen molar-refractivity contribution >= 4 is 16.7 Å². The number of ether oxygens (including phenoxy) is 1. The lowest BCUT2D eigenvalue weighted by molar-refractivity contribution is 0.415. The molecule has 0 atom stereocenters. The summed E-state index contributed by atoms with van der Waals surface area (Å²) in [6, 6.07) is 31.2. The molecule has 3 heteroatoms. The highest BCUT2D eigenvalue weighted by molar-refractivity contribution is 5.91. The van der Waals surface area contributed by atoms with Crippen LogP contribution in [0.5, 0.6) is 5.75 Å². The van der Waals surface area contributed by atoms with Crippen molar-refractivity contribution in [1.82, 2.24) is 9.38 Å². The first-order valence-electron chi connectivity index (χ1n) is 8.95. The van der Waals surface area contributed by atoms with E-state index in [2.05, 4.69) is 71.1 Å². The second-order valence-electron chi connectivity index (χ2n) is 6.49. The molecule has 27 heavy (non-hydrogen) atoms. The molecule has 0 fully saturated rings. The Bertz CT molecular complexity index is 1260. The number of methoxy groups -OCH3 is 1. The first kappa shape index (κ1) is 15.6. The highest BCUT2D eigenvalue weighted by Gasteiger charge is 2.14. The fraction of sp³-hybridized carbons (Fsp3) is 0.0417. The SMILES string of the molecule is COc1cccc(-c2ccc(-c3ccccc3)n3c2nc2ccccc23)c1. The average Bonchev–Trinajstić information content (AvgIpc) is 3.13. The van der Waals surface area contributed by atoms with Gasteiger partial charge in [0, 0.05) is 5.56 Å². The average molecular weight is 350 g/mol. The number of rotatable bonds is 3. The smallest absolute Gasteiger partial charge is 0.146 e. The Hall–Kier alpha value is -3.59. The van der Waals surface area contributed by atoms with Gasteiger partial charge in [0.2, 0.25) is 0 Å². The molecule has 3 nitrogen and oxygen atoms in total. The number of para-hydroxylation sites is 2. The van der Waals surface area contributed by atoms with Gasteiger partial charge in [0.25, 0.3) is 0 Å². The van der Waals surface area contributed by atoms with E-state index in [1.165, 1.54) is 5.56 Å². The third-order valence-electron chi connectivity index (χ3n) is 4.90. The van der Waals surface area contributed by atoms with Gasteiger partial charge in [-0.05, 0) is 47.5 Å². The molecule has 3 aromatic carbocycles. The molecule has 0 aliphatic heterocycles. The van der Waals surface area contributed by atoms with Gasteiger partial charge in [-0.3, -0.25) is 4.40 Å². The van der Waals surface area contributed by atoms with Crippen molar-refractivity contribution in [2.45, 2.75) is 0 Å². The van der Waals surface area contributed by atoms with Gasteiger partial charge < -0.3 is 4.74 Å². The number of hydrogen-bond acceptors (Lipinski definition) is 2. The molecule has 5 aromatic rings. The van der Waals surface area contributed by atoms with E-state index in [9.17, 15) is 0 Å². The lowest BCUT2D eigenvalue weighted by Crippen LogP contribution is -1.95. The quantitative estimate of drug-likeness (QED) is 0.409. The zero-order chi connectivity index (χ0) is 18.2. The third kappa shape index (κ3) is 2.56. The molecule has 0 unspecified atom stereocenters. The summed E-state index contributed by atoms with van der Waals surface area (Å²) < 4.78 is 7.66. The van der Waals surface area contributed by atoms with Crippen LogP contribution in [0.3, 0.4) is 0 Å². The van der Waals surface area contributed by atoms with Gasteiger partial charge in [0.05, 0.1) is 23.8 Å². The molecular weight excluding hydrogens is 332 g/mol. The lowest BCUT2D eigenvalue weighted by Gasteiger charge is -2.11. The van der Waals surface area contributed by atoms with E-state index in [4.69, 9.17) is 9.72 Å². The molecular formula is C24H18N2O. The molecule has 0 bridgehead atoms. The molecule has 0 N–H and O–H groups in total. The lowest BCUT2D eigenvalue weighted by atomic mass is 10.0. The predicted molar refractivity (Wildman–Crippen MR) is 110 cm³/mol. The van der Waals surface area contributed by atoms with Crippen LogP contribution in [0.25, 0.3) is 39.1 Å². The fourth-order valence-electron chi connectivity index (χ4n) is 3.61. The summed E-state index contributed by atoms with van der Waals surface area (Å²) >= 11 is 0. The highest BCUT2D eigenvalue weighted by Crippen LogP contribution is 2.33. The molecule has 5 rings (SSSR count). The second kappa shape index (κ2) is 6.29. The van der Waals surface area contributed by atoms with Crippen molar-refractivity contribution in [3.05, 3.63) is 91.0 Å². The van der Waals surface area contributed by atoms with Crippen molar-refractivity contribution in [2.75, 3.05) is 7.11 Å². The number of benzene rings is 3. The minimum Gasteiger partial charge on any atom is -0.497 e. The Morgan fingerprint density at radius 3 is 2.37 bits per heavy atom. The summed E-state index contributed by atoms with van der Waals surface area (Å²) in [6.07, 6.45) is 0. The van der Waals surface area contributed by atoms with Crippen LogP contribution in [0.4, 0.5) is 0 Å². The Morgan fingerprint density at radius 1 is 0.741 bits per heavy atom. The van der Waals surface area contributed by atoms with Crippen LogP contribution in [0.2, 0.25) is 0 Å². The van der Waals surface area contributed by atoms with E-state index in [0.29, 0.717) is 0 Å².